The van der Waals surface area contributed by atoms with Gasteiger partial charge in [-0.15, -0.1) is 11.3 Å². The highest BCUT2D eigenvalue weighted by Gasteiger charge is 2.17. The van der Waals surface area contributed by atoms with Gasteiger partial charge >= 0.3 is 0 Å². The summed E-state index contributed by atoms with van der Waals surface area (Å²) in [4.78, 5) is 4.31. The van der Waals surface area contributed by atoms with Gasteiger partial charge in [-0.1, -0.05) is 19.3 Å². The molecule has 0 bridgehead atoms. The van der Waals surface area contributed by atoms with Crippen molar-refractivity contribution in [2.24, 2.45) is 0 Å². The number of aromatic nitrogens is 1. The average molecular weight is 192 g/mol. The van der Waals surface area contributed by atoms with E-state index in [1.165, 1.54) is 43.4 Å². The van der Waals surface area contributed by atoms with Crippen LogP contribution in [0.2, 0.25) is 0 Å². The molecule has 3 heteroatoms. The van der Waals surface area contributed by atoms with E-state index in [1.807, 2.05) is 0 Å². The largest absolute Gasteiger partial charge is 0.231 e. The third-order valence-corrected chi connectivity index (χ3v) is 3.41. The van der Waals surface area contributed by atoms with Gasteiger partial charge in [-0.05, 0) is 12.8 Å². The van der Waals surface area contributed by atoms with Crippen LogP contribution < -0.4 is 0 Å². The Morgan fingerprint density at radius 2 is 2.15 bits per heavy atom. The quantitative estimate of drug-likeness (QED) is 0.685. The lowest BCUT2D eigenvalue weighted by Crippen LogP contribution is -2.04. The highest BCUT2D eigenvalue weighted by atomic mass is 32.1. The van der Waals surface area contributed by atoms with Crippen molar-refractivity contribution in [3.05, 3.63) is 16.1 Å². The van der Waals surface area contributed by atoms with E-state index in [-0.39, 0.29) is 0 Å². The SMILES string of the molecule is N#Cc1nc(C2CCCCC2)cs1. The second-order valence-electron chi connectivity index (χ2n) is 3.52. The molecule has 0 atom stereocenters. The molecule has 1 heterocycles. The maximum atomic E-state index is 8.65. The summed E-state index contributed by atoms with van der Waals surface area (Å²) in [6.45, 7) is 0. The minimum Gasteiger partial charge on any atom is -0.231 e. The molecule has 1 aliphatic carbocycles. The summed E-state index contributed by atoms with van der Waals surface area (Å²) < 4.78 is 0. The summed E-state index contributed by atoms with van der Waals surface area (Å²) in [5.41, 5.74) is 1.15. The minimum atomic E-state index is 0.612. The Balaban J connectivity index is 2.11. The van der Waals surface area contributed by atoms with Crippen LogP contribution in [0.25, 0.3) is 0 Å². The van der Waals surface area contributed by atoms with Gasteiger partial charge < -0.3 is 0 Å². The van der Waals surface area contributed by atoms with E-state index in [1.54, 1.807) is 0 Å². The van der Waals surface area contributed by atoms with E-state index in [9.17, 15) is 0 Å². The van der Waals surface area contributed by atoms with Gasteiger partial charge in [0.2, 0.25) is 0 Å². The van der Waals surface area contributed by atoms with Crippen LogP contribution in [-0.4, -0.2) is 4.98 Å². The van der Waals surface area contributed by atoms with E-state index in [2.05, 4.69) is 16.4 Å². The van der Waals surface area contributed by atoms with Crippen LogP contribution in [0.1, 0.15) is 48.7 Å². The molecule has 0 amide bonds. The average Bonchev–Trinajstić information content (AvgIpc) is 2.67. The molecule has 1 aromatic rings. The molecule has 0 unspecified atom stereocenters. The Bertz CT molecular complexity index is 318. The van der Waals surface area contributed by atoms with Crippen molar-refractivity contribution < 1.29 is 0 Å². The maximum Gasteiger partial charge on any atom is 0.194 e. The van der Waals surface area contributed by atoms with Crippen LogP contribution in [0, 0.1) is 11.3 Å². The van der Waals surface area contributed by atoms with Gasteiger partial charge in [-0.25, -0.2) is 4.98 Å². The normalized spacial score (nSPS) is 18.4. The van der Waals surface area contributed by atoms with Gasteiger partial charge in [-0.2, -0.15) is 5.26 Å². The summed E-state index contributed by atoms with van der Waals surface area (Å²) >= 11 is 1.47. The topological polar surface area (TPSA) is 36.7 Å². The first kappa shape index (κ1) is 8.71. The molecular weight excluding hydrogens is 180 g/mol. The summed E-state index contributed by atoms with van der Waals surface area (Å²) in [6.07, 6.45) is 6.53. The van der Waals surface area contributed by atoms with Gasteiger partial charge in [0.05, 0.1) is 5.69 Å². The second kappa shape index (κ2) is 3.89. The first-order chi connectivity index (χ1) is 6.40. The Morgan fingerprint density at radius 1 is 1.38 bits per heavy atom. The monoisotopic (exact) mass is 192 g/mol. The summed E-state index contributed by atoms with van der Waals surface area (Å²) in [5.74, 6) is 0.632. The Hall–Kier alpha value is -0.880. The molecule has 0 aromatic carbocycles. The Kier molecular flexibility index (Phi) is 2.60. The van der Waals surface area contributed by atoms with Crippen molar-refractivity contribution in [2.45, 2.75) is 38.0 Å². The van der Waals surface area contributed by atoms with Crippen LogP contribution in [0.4, 0.5) is 0 Å². The molecule has 1 saturated carbocycles. The van der Waals surface area contributed by atoms with E-state index in [4.69, 9.17) is 5.26 Å². The zero-order valence-electron chi connectivity index (χ0n) is 7.49. The number of hydrogen-bond acceptors (Lipinski definition) is 3. The lowest BCUT2D eigenvalue weighted by atomic mass is 9.87. The fourth-order valence-corrected chi connectivity index (χ4v) is 2.61. The standard InChI is InChI=1S/C10H12N2S/c11-6-10-12-9(7-13-10)8-4-2-1-3-5-8/h7-8H,1-5H2. The van der Waals surface area contributed by atoms with E-state index < -0.39 is 0 Å². The third-order valence-electron chi connectivity index (χ3n) is 2.64. The highest BCUT2D eigenvalue weighted by Crippen LogP contribution is 2.32. The first-order valence-electron chi connectivity index (χ1n) is 4.75. The predicted octanol–water partition coefficient (Wildman–Crippen LogP) is 3.06. The smallest absolute Gasteiger partial charge is 0.194 e. The van der Waals surface area contributed by atoms with Gasteiger partial charge in [0.25, 0.3) is 0 Å². The number of rotatable bonds is 1. The van der Waals surface area contributed by atoms with Crippen molar-refractivity contribution in [1.82, 2.24) is 4.98 Å². The van der Waals surface area contributed by atoms with Crippen molar-refractivity contribution in [3.8, 4) is 6.07 Å². The van der Waals surface area contributed by atoms with Crippen molar-refractivity contribution >= 4 is 11.3 Å². The molecule has 2 rings (SSSR count). The molecule has 0 saturated heterocycles. The van der Waals surface area contributed by atoms with E-state index >= 15 is 0 Å². The molecular formula is C10H12N2S. The number of nitriles is 1. The van der Waals surface area contributed by atoms with Crippen LogP contribution in [0.15, 0.2) is 5.38 Å². The van der Waals surface area contributed by atoms with Gasteiger partial charge in [-0.3, -0.25) is 0 Å². The van der Waals surface area contributed by atoms with E-state index in [0.717, 1.165) is 5.69 Å². The van der Waals surface area contributed by atoms with Crippen molar-refractivity contribution in [1.29, 1.82) is 5.26 Å². The Morgan fingerprint density at radius 3 is 2.77 bits per heavy atom. The summed E-state index contributed by atoms with van der Waals surface area (Å²) in [5, 5.41) is 11.3. The molecule has 0 spiro atoms. The molecule has 0 N–H and O–H groups in total. The molecule has 1 fully saturated rings. The van der Waals surface area contributed by atoms with Crippen molar-refractivity contribution in [2.75, 3.05) is 0 Å². The highest BCUT2D eigenvalue weighted by molar-refractivity contribution is 7.10. The lowest BCUT2D eigenvalue weighted by Gasteiger charge is -2.19. The molecule has 68 valence electrons. The zero-order chi connectivity index (χ0) is 9.10. The second-order valence-corrected chi connectivity index (χ2v) is 4.38. The Labute approximate surface area is 82.2 Å². The van der Waals surface area contributed by atoms with Crippen molar-refractivity contribution in [3.63, 3.8) is 0 Å². The van der Waals surface area contributed by atoms with Gasteiger partial charge in [0.15, 0.2) is 5.01 Å². The van der Waals surface area contributed by atoms with Crippen LogP contribution in [0.3, 0.4) is 0 Å². The number of thiazole rings is 1. The number of nitrogens with zero attached hydrogens (tertiary/aromatic N) is 2. The molecule has 0 aliphatic heterocycles. The molecule has 1 aliphatic rings. The summed E-state index contributed by atoms with van der Waals surface area (Å²) in [6, 6.07) is 2.09. The van der Waals surface area contributed by atoms with Gasteiger partial charge in [0, 0.05) is 11.3 Å². The fraction of sp³-hybridized carbons (Fsp3) is 0.600. The molecule has 2 nitrogen and oxygen atoms in total. The third kappa shape index (κ3) is 1.89. The first-order valence-corrected chi connectivity index (χ1v) is 5.63. The molecule has 1 aromatic heterocycles. The minimum absolute atomic E-state index is 0.612. The lowest BCUT2D eigenvalue weighted by molar-refractivity contribution is 0.438. The molecule has 13 heavy (non-hydrogen) atoms. The maximum absolute atomic E-state index is 8.65. The van der Waals surface area contributed by atoms with Crippen LogP contribution >= 0.6 is 11.3 Å². The van der Waals surface area contributed by atoms with Crippen LogP contribution in [-0.2, 0) is 0 Å². The predicted molar refractivity (Wildman–Crippen MR) is 52.7 cm³/mol. The molecule has 0 radical (unpaired) electrons. The fourth-order valence-electron chi connectivity index (χ4n) is 1.92. The van der Waals surface area contributed by atoms with Crippen LogP contribution in [0.5, 0.6) is 0 Å². The summed E-state index contributed by atoms with van der Waals surface area (Å²) in [7, 11) is 0. The number of hydrogen-bond donors (Lipinski definition) is 0. The van der Waals surface area contributed by atoms with E-state index in [0.29, 0.717) is 10.9 Å². The zero-order valence-corrected chi connectivity index (χ0v) is 8.31. The van der Waals surface area contributed by atoms with Gasteiger partial charge in [0.1, 0.15) is 6.07 Å².